The fourth-order valence-electron chi connectivity index (χ4n) is 22.3. The molecule has 4 unspecified atom stereocenters. The van der Waals surface area contributed by atoms with Gasteiger partial charge in [-0.2, -0.15) is 0 Å². The van der Waals surface area contributed by atoms with Gasteiger partial charge < -0.3 is 0 Å². The molecule has 0 aromatic heterocycles. The summed E-state index contributed by atoms with van der Waals surface area (Å²) in [6.07, 6.45) is 0. The Morgan fingerprint density at radius 1 is 0.605 bits per heavy atom. The molecule has 10 heterocycles. The molecule has 218 valence electrons. The number of benzene rings is 4. The van der Waals surface area contributed by atoms with E-state index in [-0.39, 0.29) is 11.6 Å². The Kier molecular flexibility index (Phi) is 1.99. The predicted octanol–water partition coefficient (Wildman–Crippen LogP) is 8.43. The van der Waals surface area contributed by atoms with Crippen LogP contribution in [0.1, 0.15) is 6.92 Å². The van der Waals surface area contributed by atoms with Crippen LogP contribution in [0.2, 0.25) is 42.8 Å². The Hall–Kier alpha value is -1.92. The monoisotopic (exact) mass is 647 g/mol. The fourth-order valence-corrected chi connectivity index (χ4v) is 117. The van der Waals surface area contributed by atoms with E-state index in [2.05, 4.69) is 79.3 Å². The number of hydrogen-bond donors (Lipinski definition) is 0. The van der Waals surface area contributed by atoms with Crippen molar-refractivity contribution >= 4 is 37.2 Å². The number of fused-ring (bicyclic) bond motifs is 10. The van der Waals surface area contributed by atoms with Crippen molar-refractivity contribution in [1.82, 2.24) is 4.67 Å². The number of hydrogen-bond acceptors (Lipinski definition) is 1. The van der Waals surface area contributed by atoms with Crippen LogP contribution in [0.15, 0.2) is 109 Å². The van der Waals surface area contributed by atoms with Crippen LogP contribution in [0.25, 0.3) is 0 Å². The van der Waals surface area contributed by atoms with Crippen LogP contribution in [0.4, 0.5) is 8.78 Å². The molecular weight excluding hydrogens is 614 g/mol. The Morgan fingerprint density at radius 2 is 1.05 bits per heavy atom. The summed E-state index contributed by atoms with van der Waals surface area (Å²) in [5.41, 5.74) is 0. The van der Waals surface area contributed by atoms with Crippen LogP contribution in [0.5, 0.6) is 0 Å². The van der Waals surface area contributed by atoms with Crippen LogP contribution in [-0.4, -0.2) is 21.8 Å². The van der Waals surface area contributed by atoms with E-state index >= 15 is 0 Å². The molecule has 0 saturated carbocycles. The van der Waals surface area contributed by atoms with Crippen LogP contribution >= 0.6 is 16.0 Å². The molecule has 14 rings (SSSR count). The molecule has 0 bridgehead atoms. The molecular formula is C37H33F2FeNP2. The van der Waals surface area contributed by atoms with E-state index in [1.54, 1.807) is 34.9 Å². The van der Waals surface area contributed by atoms with E-state index in [0.29, 0.717) is 14.4 Å². The Morgan fingerprint density at radius 3 is 1.44 bits per heavy atom. The molecule has 0 amide bonds. The van der Waals surface area contributed by atoms with E-state index in [0.717, 1.165) is 9.63 Å². The summed E-state index contributed by atoms with van der Waals surface area (Å²) in [5, 5.41) is 5.61. The number of halogens is 2. The predicted molar refractivity (Wildman–Crippen MR) is 171 cm³/mol. The maximum atomic E-state index is 14.2. The van der Waals surface area contributed by atoms with Gasteiger partial charge in [-0.1, -0.05) is 0 Å². The molecule has 6 heteroatoms. The second kappa shape index (κ2) is 3.79. The Bertz CT molecular complexity index is 2250. The first-order valence-corrected chi connectivity index (χ1v) is 24.7. The van der Waals surface area contributed by atoms with Gasteiger partial charge in [0.15, 0.2) is 0 Å². The van der Waals surface area contributed by atoms with Gasteiger partial charge >= 0.3 is 245 Å². The molecule has 6 atom stereocenters. The average molecular weight is 647 g/mol. The van der Waals surface area contributed by atoms with Crippen molar-refractivity contribution in [2.24, 2.45) is 0 Å². The van der Waals surface area contributed by atoms with Crippen LogP contribution in [0, 0.1) is 11.6 Å². The van der Waals surface area contributed by atoms with E-state index in [4.69, 9.17) is 0 Å². The second-order valence-electron chi connectivity index (χ2n) is 17.3. The van der Waals surface area contributed by atoms with Gasteiger partial charge in [0.1, 0.15) is 0 Å². The van der Waals surface area contributed by atoms with Crippen LogP contribution in [0.3, 0.4) is 0 Å². The summed E-state index contributed by atoms with van der Waals surface area (Å²) in [6.45, 7) is -1.33. The fraction of sp³-hybridized carbons (Fsp3) is 0.351. The van der Waals surface area contributed by atoms with Gasteiger partial charge in [-0.3, -0.25) is 0 Å². The Balaban J connectivity index is 1.02. The third-order valence-electron chi connectivity index (χ3n) is 20.9. The van der Waals surface area contributed by atoms with E-state index < -0.39 is 22.5 Å². The summed E-state index contributed by atoms with van der Waals surface area (Å²) in [5.74, 6) is -0.388. The van der Waals surface area contributed by atoms with Crippen molar-refractivity contribution in [1.29, 1.82) is 0 Å². The standard InChI is InChI=1S/C32H28F2NP2.C5H5.Fe/c1-24(35(2)37(29-20-16-25(33)17-21-29)30-22-18-26(34)19-23-30)31-14-9-15-32(31)36(27-10-5-3-6-11-27)28-12-7-4-8-13-28;1-2-4-5-3-1;/h3-24H,1-2H3;1-5H;/t24-;;/m1../s1. The van der Waals surface area contributed by atoms with E-state index in [9.17, 15) is 8.78 Å². The number of rotatable bonds is 8. The first-order chi connectivity index (χ1) is 20.7. The number of nitrogens with zero attached hydrogens (tertiary/aromatic N) is 1. The zero-order valence-electron chi connectivity index (χ0n) is 24.0. The summed E-state index contributed by atoms with van der Waals surface area (Å²) in [6, 6.07) is 38.4. The average Bonchev–Trinajstić information content (AvgIpc) is 3.99. The minimum atomic E-state index is -3.96. The molecule has 1 nitrogen and oxygen atoms in total. The van der Waals surface area contributed by atoms with Gasteiger partial charge in [-0.15, -0.1) is 0 Å². The third kappa shape index (κ3) is 0.659. The maximum absolute atomic E-state index is 14.2. The SMILES string of the molecule is C[C@@H](N(C)P(c1ccc(F)cc1)c1ccc(F)cc1)[C@@]12[CH]3[CH]4[CH]5[C]1(P(c1ccccc1)c1ccccc1)[Fe]45321678[CH]2[CH]1[CH]6[CH]7[CH]28. The molecule has 4 aromatic carbocycles. The molecule has 0 N–H and O–H groups in total. The first kappa shape index (κ1) is 22.6. The first-order valence-electron chi connectivity index (χ1n) is 15.9. The summed E-state index contributed by atoms with van der Waals surface area (Å²) < 4.78 is 32.3. The van der Waals surface area contributed by atoms with Crippen LogP contribution < -0.4 is 21.2 Å². The molecule has 10 fully saturated rings. The quantitative estimate of drug-likeness (QED) is 0.137. The molecule has 4 aromatic rings. The molecule has 0 radical (unpaired) electrons. The molecule has 10 aliphatic rings. The van der Waals surface area contributed by atoms with Crippen molar-refractivity contribution < 1.29 is 15.3 Å². The van der Waals surface area contributed by atoms with Crippen molar-refractivity contribution in [3.63, 3.8) is 0 Å². The minimum absolute atomic E-state index is 0.194. The summed E-state index contributed by atoms with van der Waals surface area (Å²) in [7, 11) is 1.04. The van der Waals surface area contributed by atoms with Crippen molar-refractivity contribution in [2.45, 2.75) is 59.9 Å². The topological polar surface area (TPSA) is 3.24 Å². The van der Waals surface area contributed by atoms with Gasteiger partial charge in [0, 0.05) is 0 Å². The summed E-state index contributed by atoms with van der Waals surface area (Å²) in [4.78, 5) is 9.32. The second-order valence-corrected chi connectivity index (χ2v) is 45.6. The van der Waals surface area contributed by atoms with Gasteiger partial charge in [0.25, 0.3) is 0 Å². The molecule has 10 saturated heterocycles. The van der Waals surface area contributed by atoms with Crippen molar-refractivity contribution in [2.75, 3.05) is 7.05 Å². The van der Waals surface area contributed by atoms with Gasteiger partial charge in [-0.25, -0.2) is 0 Å². The molecule has 43 heavy (non-hydrogen) atoms. The van der Waals surface area contributed by atoms with Gasteiger partial charge in [0.2, 0.25) is 0 Å². The molecule has 10 aliphatic heterocycles. The third-order valence-corrected chi connectivity index (χ3v) is 73.6. The van der Waals surface area contributed by atoms with Gasteiger partial charge in [-0.05, 0) is 0 Å². The molecule has 0 aliphatic carbocycles. The van der Waals surface area contributed by atoms with E-state index in [1.807, 2.05) is 24.3 Å². The van der Waals surface area contributed by atoms with Crippen LogP contribution in [-0.2, 0) is 6.51 Å². The zero-order valence-corrected chi connectivity index (χ0v) is 26.9. The normalized spacial score (nSPS) is 56.9. The van der Waals surface area contributed by atoms with Crippen molar-refractivity contribution in [3.05, 3.63) is 121 Å². The zero-order chi connectivity index (χ0) is 28.4. The van der Waals surface area contributed by atoms with Crippen molar-refractivity contribution in [3.8, 4) is 0 Å². The van der Waals surface area contributed by atoms with Gasteiger partial charge in [0.05, 0.1) is 0 Å². The Labute approximate surface area is 243 Å². The summed E-state index contributed by atoms with van der Waals surface area (Å²) >= 11 is 0. The van der Waals surface area contributed by atoms with E-state index in [1.165, 1.54) is 39.5 Å². The molecule has 1 spiro atoms.